The first-order chi connectivity index (χ1) is 9.02. The molecular formula is C17H20O2. The van der Waals surface area contributed by atoms with Crippen LogP contribution in [0.2, 0.25) is 0 Å². The van der Waals surface area contributed by atoms with Crippen molar-refractivity contribution in [3.05, 3.63) is 64.2 Å². The van der Waals surface area contributed by atoms with Crippen LogP contribution < -0.4 is 4.74 Å². The molecule has 0 fully saturated rings. The van der Waals surface area contributed by atoms with Gasteiger partial charge in [-0.1, -0.05) is 29.8 Å². The van der Waals surface area contributed by atoms with E-state index in [-0.39, 0.29) is 0 Å². The van der Waals surface area contributed by atoms with Gasteiger partial charge < -0.3 is 9.84 Å². The second-order valence-electron chi connectivity index (χ2n) is 4.99. The maximum Gasteiger partial charge on any atom is 0.118 e. The van der Waals surface area contributed by atoms with Gasteiger partial charge >= 0.3 is 0 Å². The standard InChI is InChI=1S/C17H20O2/c1-11-9-12(2)16(13(3)10-11)17(18)14-5-7-15(19-4)8-6-14/h5-10,17-18H,1-4H3. The predicted molar refractivity (Wildman–Crippen MR) is 77.7 cm³/mol. The monoisotopic (exact) mass is 256 g/mol. The van der Waals surface area contributed by atoms with Crippen molar-refractivity contribution in [2.75, 3.05) is 7.11 Å². The molecule has 0 aliphatic heterocycles. The number of rotatable bonds is 3. The molecule has 2 rings (SSSR count). The van der Waals surface area contributed by atoms with E-state index in [1.54, 1.807) is 7.11 Å². The van der Waals surface area contributed by atoms with Crippen molar-refractivity contribution < 1.29 is 9.84 Å². The Kier molecular flexibility index (Phi) is 3.91. The van der Waals surface area contributed by atoms with Crippen molar-refractivity contribution in [1.29, 1.82) is 0 Å². The molecule has 0 spiro atoms. The topological polar surface area (TPSA) is 29.5 Å². The zero-order chi connectivity index (χ0) is 14.0. The molecule has 2 heteroatoms. The molecule has 0 radical (unpaired) electrons. The van der Waals surface area contributed by atoms with Crippen LogP contribution in [-0.4, -0.2) is 12.2 Å². The van der Waals surface area contributed by atoms with Gasteiger partial charge in [0.15, 0.2) is 0 Å². The smallest absolute Gasteiger partial charge is 0.118 e. The van der Waals surface area contributed by atoms with Gasteiger partial charge in [0.25, 0.3) is 0 Å². The quantitative estimate of drug-likeness (QED) is 0.907. The summed E-state index contributed by atoms with van der Waals surface area (Å²) < 4.78 is 5.14. The molecule has 0 aliphatic rings. The Morgan fingerprint density at radius 3 is 1.95 bits per heavy atom. The Hall–Kier alpha value is -1.80. The minimum absolute atomic E-state index is 0.591. The number of methoxy groups -OCH3 is 1. The van der Waals surface area contributed by atoms with Gasteiger partial charge in [-0.05, 0) is 55.2 Å². The summed E-state index contributed by atoms with van der Waals surface area (Å²) >= 11 is 0. The van der Waals surface area contributed by atoms with E-state index in [0.717, 1.165) is 28.0 Å². The molecule has 0 aromatic heterocycles. The molecule has 2 aromatic carbocycles. The van der Waals surface area contributed by atoms with Gasteiger partial charge in [0, 0.05) is 0 Å². The lowest BCUT2D eigenvalue weighted by Gasteiger charge is -2.18. The summed E-state index contributed by atoms with van der Waals surface area (Å²) in [6.07, 6.45) is -0.591. The van der Waals surface area contributed by atoms with Crippen LogP contribution in [0, 0.1) is 20.8 Å². The van der Waals surface area contributed by atoms with Gasteiger partial charge in [0.05, 0.1) is 7.11 Å². The molecule has 0 amide bonds. The molecule has 0 saturated heterocycles. The van der Waals surface area contributed by atoms with Crippen molar-refractivity contribution in [3.8, 4) is 5.75 Å². The van der Waals surface area contributed by atoms with Crippen LogP contribution >= 0.6 is 0 Å². The second-order valence-corrected chi connectivity index (χ2v) is 4.99. The molecule has 0 saturated carbocycles. The number of ether oxygens (including phenoxy) is 1. The fourth-order valence-corrected chi connectivity index (χ4v) is 2.58. The molecule has 0 aliphatic carbocycles. The summed E-state index contributed by atoms with van der Waals surface area (Å²) in [4.78, 5) is 0. The lowest BCUT2D eigenvalue weighted by atomic mass is 9.92. The Labute approximate surface area is 114 Å². The SMILES string of the molecule is COc1ccc(C(O)c2c(C)cc(C)cc2C)cc1. The summed E-state index contributed by atoms with van der Waals surface area (Å²) in [7, 11) is 1.64. The van der Waals surface area contributed by atoms with E-state index in [0.29, 0.717) is 0 Å². The highest BCUT2D eigenvalue weighted by Gasteiger charge is 2.15. The maximum atomic E-state index is 10.6. The summed E-state index contributed by atoms with van der Waals surface area (Å²) in [6, 6.07) is 11.8. The van der Waals surface area contributed by atoms with Gasteiger partial charge in [-0.25, -0.2) is 0 Å². The number of aliphatic hydroxyl groups excluding tert-OH is 1. The van der Waals surface area contributed by atoms with E-state index in [1.807, 2.05) is 38.1 Å². The predicted octanol–water partition coefficient (Wildman–Crippen LogP) is 3.70. The van der Waals surface area contributed by atoms with Crippen molar-refractivity contribution in [3.63, 3.8) is 0 Å². The van der Waals surface area contributed by atoms with Crippen molar-refractivity contribution in [1.82, 2.24) is 0 Å². The number of benzene rings is 2. The molecule has 1 unspecified atom stereocenters. The summed E-state index contributed by atoms with van der Waals surface area (Å²) in [6.45, 7) is 6.16. The molecule has 1 N–H and O–H groups in total. The molecule has 100 valence electrons. The largest absolute Gasteiger partial charge is 0.497 e. The molecule has 0 heterocycles. The Bertz CT molecular complexity index is 547. The van der Waals surface area contributed by atoms with Crippen LogP contribution in [0.15, 0.2) is 36.4 Å². The molecule has 0 bridgehead atoms. The fourth-order valence-electron chi connectivity index (χ4n) is 2.58. The van der Waals surface area contributed by atoms with E-state index in [1.165, 1.54) is 5.56 Å². The Balaban J connectivity index is 2.40. The first-order valence-corrected chi connectivity index (χ1v) is 6.42. The first kappa shape index (κ1) is 13.6. The second kappa shape index (κ2) is 5.45. The van der Waals surface area contributed by atoms with Crippen molar-refractivity contribution in [2.45, 2.75) is 26.9 Å². The normalized spacial score (nSPS) is 12.3. The van der Waals surface area contributed by atoms with E-state index in [4.69, 9.17) is 4.74 Å². The van der Waals surface area contributed by atoms with Gasteiger partial charge in [-0.2, -0.15) is 0 Å². The van der Waals surface area contributed by atoms with Gasteiger partial charge in [-0.15, -0.1) is 0 Å². The van der Waals surface area contributed by atoms with E-state index in [9.17, 15) is 5.11 Å². The van der Waals surface area contributed by atoms with Crippen LogP contribution in [0.4, 0.5) is 0 Å². The Morgan fingerprint density at radius 2 is 1.47 bits per heavy atom. The molecule has 2 nitrogen and oxygen atoms in total. The number of aliphatic hydroxyl groups is 1. The van der Waals surface area contributed by atoms with Crippen LogP contribution in [0.5, 0.6) is 5.75 Å². The van der Waals surface area contributed by atoms with Crippen molar-refractivity contribution >= 4 is 0 Å². The third kappa shape index (κ3) is 2.79. The number of hydrogen-bond donors (Lipinski definition) is 1. The molecular weight excluding hydrogens is 236 g/mol. The van der Waals surface area contributed by atoms with Gasteiger partial charge in [0.2, 0.25) is 0 Å². The molecule has 19 heavy (non-hydrogen) atoms. The Morgan fingerprint density at radius 1 is 0.947 bits per heavy atom. The van der Waals surface area contributed by atoms with E-state index in [2.05, 4.69) is 19.1 Å². The zero-order valence-corrected chi connectivity index (χ0v) is 11.9. The summed E-state index contributed by atoms with van der Waals surface area (Å²) in [5, 5.41) is 10.6. The average molecular weight is 256 g/mol. The minimum Gasteiger partial charge on any atom is -0.497 e. The fraction of sp³-hybridized carbons (Fsp3) is 0.294. The highest BCUT2D eigenvalue weighted by atomic mass is 16.5. The van der Waals surface area contributed by atoms with E-state index < -0.39 is 6.10 Å². The summed E-state index contributed by atoms with van der Waals surface area (Å²) in [5.74, 6) is 0.799. The number of hydrogen-bond acceptors (Lipinski definition) is 2. The third-order valence-electron chi connectivity index (χ3n) is 3.44. The van der Waals surface area contributed by atoms with E-state index >= 15 is 0 Å². The van der Waals surface area contributed by atoms with Crippen LogP contribution in [-0.2, 0) is 0 Å². The third-order valence-corrected chi connectivity index (χ3v) is 3.44. The maximum absolute atomic E-state index is 10.6. The van der Waals surface area contributed by atoms with Crippen LogP contribution in [0.1, 0.15) is 33.9 Å². The van der Waals surface area contributed by atoms with Crippen LogP contribution in [0.3, 0.4) is 0 Å². The van der Waals surface area contributed by atoms with Crippen molar-refractivity contribution in [2.24, 2.45) is 0 Å². The van der Waals surface area contributed by atoms with Gasteiger partial charge in [0.1, 0.15) is 11.9 Å². The first-order valence-electron chi connectivity index (χ1n) is 6.42. The zero-order valence-electron chi connectivity index (χ0n) is 11.9. The van der Waals surface area contributed by atoms with Crippen LogP contribution in [0.25, 0.3) is 0 Å². The molecule has 1 atom stereocenters. The van der Waals surface area contributed by atoms with Gasteiger partial charge in [-0.3, -0.25) is 0 Å². The lowest BCUT2D eigenvalue weighted by molar-refractivity contribution is 0.218. The summed E-state index contributed by atoms with van der Waals surface area (Å²) in [5.41, 5.74) is 5.36. The minimum atomic E-state index is -0.591. The number of aryl methyl sites for hydroxylation is 3. The highest BCUT2D eigenvalue weighted by molar-refractivity contribution is 5.43. The highest BCUT2D eigenvalue weighted by Crippen LogP contribution is 2.29. The average Bonchev–Trinajstić information content (AvgIpc) is 2.37. The molecule has 2 aromatic rings. The lowest BCUT2D eigenvalue weighted by Crippen LogP contribution is -2.05.